The quantitative estimate of drug-likeness (QED) is 0.376. The molecule has 10 heteroatoms. The largest absolute Gasteiger partial charge is 0.506 e. The first kappa shape index (κ1) is 24.3. The van der Waals surface area contributed by atoms with E-state index < -0.39 is 15.9 Å². The number of amides is 1. The Labute approximate surface area is 203 Å². The summed E-state index contributed by atoms with van der Waals surface area (Å²) < 4.78 is 33.6. The fourth-order valence-corrected chi connectivity index (χ4v) is 5.46. The average molecular weight is 498 g/mol. The van der Waals surface area contributed by atoms with Crippen LogP contribution in [0.2, 0.25) is 0 Å². The smallest absolute Gasteiger partial charge is 0.272 e. The van der Waals surface area contributed by atoms with Crippen molar-refractivity contribution in [3.8, 4) is 11.5 Å². The van der Waals surface area contributed by atoms with Crippen LogP contribution >= 0.6 is 0 Å². The highest BCUT2D eigenvalue weighted by atomic mass is 32.2. The van der Waals surface area contributed by atoms with Gasteiger partial charge in [0.05, 0.1) is 23.4 Å². The van der Waals surface area contributed by atoms with Crippen molar-refractivity contribution in [3.05, 3.63) is 65.0 Å². The van der Waals surface area contributed by atoms with Crippen molar-refractivity contribution < 1.29 is 27.9 Å². The molecule has 0 spiro atoms. The number of sulfonamides is 1. The number of phenolic OH excluding ortho intramolecular Hbond substituents is 1. The lowest BCUT2D eigenvalue weighted by Crippen LogP contribution is -2.26. The molecular formula is C25H27N3O6S. The monoisotopic (exact) mass is 497 g/mol. The topological polar surface area (TPSA) is 138 Å². The third-order valence-corrected chi connectivity index (χ3v) is 7.37. The maximum Gasteiger partial charge on any atom is 0.272 e. The maximum atomic E-state index is 13.1. The molecule has 4 rings (SSSR count). The van der Waals surface area contributed by atoms with E-state index in [2.05, 4.69) is 15.0 Å². The van der Waals surface area contributed by atoms with Crippen LogP contribution < -0.4 is 14.8 Å². The van der Waals surface area contributed by atoms with Gasteiger partial charge in [0.2, 0.25) is 0 Å². The van der Waals surface area contributed by atoms with Gasteiger partial charge in [-0.1, -0.05) is 26.0 Å². The molecular weight excluding hydrogens is 470 g/mol. The second-order valence-corrected chi connectivity index (χ2v) is 11.0. The molecule has 9 nitrogen and oxygen atoms in total. The van der Waals surface area contributed by atoms with Gasteiger partial charge in [0, 0.05) is 17.7 Å². The zero-order chi connectivity index (χ0) is 25.5. The minimum atomic E-state index is -4.06. The Morgan fingerprint density at radius 1 is 1.11 bits per heavy atom. The highest BCUT2D eigenvalue weighted by Gasteiger charge is 2.35. The maximum absolute atomic E-state index is 13.1. The molecule has 1 aliphatic carbocycles. The summed E-state index contributed by atoms with van der Waals surface area (Å²) in [5, 5.41) is 12.9. The fraction of sp³-hybridized carbons (Fsp3) is 0.280. The van der Waals surface area contributed by atoms with Crippen LogP contribution in [0.3, 0.4) is 0 Å². The molecule has 0 aliphatic heterocycles. The van der Waals surface area contributed by atoms with Crippen LogP contribution in [0.4, 0.5) is 11.4 Å². The van der Waals surface area contributed by atoms with E-state index >= 15 is 0 Å². The number of ether oxygens (including phenoxy) is 1. The number of nitrogens with one attached hydrogen (secondary N) is 3. The molecule has 0 radical (unpaired) electrons. The van der Waals surface area contributed by atoms with Gasteiger partial charge in [0.25, 0.3) is 15.9 Å². The number of Topliss-reactive ketones (excluding diaryl/α,β-unsaturated/α-hetero) is 1. The van der Waals surface area contributed by atoms with Crippen LogP contribution in [0.1, 0.15) is 52.4 Å². The Hall–Kier alpha value is -3.79. The number of aromatic amines is 1. The lowest BCUT2D eigenvalue weighted by Gasteiger charge is -2.28. The van der Waals surface area contributed by atoms with Crippen LogP contribution in [-0.4, -0.2) is 37.3 Å². The molecule has 4 N–H and O–H groups in total. The number of carbonyl (C=O) groups is 2. The molecule has 35 heavy (non-hydrogen) atoms. The molecule has 184 valence electrons. The molecule has 0 bridgehead atoms. The summed E-state index contributed by atoms with van der Waals surface area (Å²) in [4.78, 5) is 28.6. The van der Waals surface area contributed by atoms with Gasteiger partial charge in [-0.15, -0.1) is 0 Å². The third kappa shape index (κ3) is 4.74. The minimum Gasteiger partial charge on any atom is -0.506 e. The predicted octanol–water partition coefficient (Wildman–Crippen LogP) is 4.25. The standard InChI is InChI=1S/C25H27N3O6S/c1-14-22-18(12-25(2,3)13-20(22)30)26-23(14)24(31)27-17-11-15(9-10-19(17)29)35(32,33)28-16-7-5-6-8-21(16)34-4/h5-11,26,28-29H,12-13H2,1-4H3,(H,27,31). The first-order valence-corrected chi connectivity index (χ1v) is 12.4. The van der Waals surface area contributed by atoms with E-state index in [0.29, 0.717) is 35.4 Å². The number of H-pyrrole nitrogens is 1. The first-order chi connectivity index (χ1) is 16.4. The van der Waals surface area contributed by atoms with E-state index in [4.69, 9.17) is 4.74 Å². The van der Waals surface area contributed by atoms with E-state index in [1.165, 1.54) is 19.2 Å². The van der Waals surface area contributed by atoms with Crippen molar-refractivity contribution in [1.29, 1.82) is 0 Å². The molecule has 0 fully saturated rings. The van der Waals surface area contributed by atoms with Crippen molar-refractivity contribution in [2.45, 2.75) is 38.5 Å². The van der Waals surface area contributed by atoms with Crippen molar-refractivity contribution in [3.63, 3.8) is 0 Å². The van der Waals surface area contributed by atoms with E-state index in [9.17, 15) is 23.1 Å². The molecule has 1 aliphatic rings. The number of aromatic nitrogens is 1. The zero-order valence-electron chi connectivity index (χ0n) is 19.9. The van der Waals surface area contributed by atoms with Crippen molar-refractivity contribution >= 4 is 33.1 Å². The summed E-state index contributed by atoms with van der Waals surface area (Å²) in [5.41, 5.74) is 1.89. The SMILES string of the molecule is COc1ccccc1NS(=O)(=O)c1ccc(O)c(NC(=O)c2[nH]c3c(c2C)C(=O)CC(C)(C)C3)c1. The minimum absolute atomic E-state index is 0.0256. The highest BCUT2D eigenvalue weighted by Crippen LogP contribution is 2.37. The number of methoxy groups -OCH3 is 1. The summed E-state index contributed by atoms with van der Waals surface area (Å²) in [5.74, 6) is -0.583. The van der Waals surface area contributed by atoms with Gasteiger partial charge in [-0.2, -0.15) is 0 Å². The normalized spacial score (nSPS) is 14.8. The average Bonchev–Trinajstić information content (AvgIpc) is 3.10. The molecule has 3 aromatic rings. The number of benzene rings is 2. The van der Waals surface area contributed by atoms with Crippen molar-refractivity contribution in [2.24, 2.45) is 5.41 Å². The summed E-state index contributed by atoms with van der Waals surface area (Å²) in [6, 6.07) is 10.1. The Balaban J connectivity index is 1.62. The van der Waals surface area contributed by atoms with Gasteiger partial charge in [-0.3, -0.25) is 14.3 Å². The number of aromatic hydroxyl groups is 1. The number of anilines is 2. The molecule has 0 saturated carbocycles. The number of rotatable bonds is 6. The van der Waals surface area contributed by atoms with Gasteiger partial charge in [-0.25, -0.2) is 8.42 Å². The third-order valence-electron chi connectivity index (χ3n) is 6.01. The van der Waals surface area contributed by atoms with E-state index in [1.54, 1.807) is 31.2 Å². The molecule has 1 amide bonds. The van der Waals surface area contributed by atoms with Crippen LogP contribution in [0.15, 0.2) is 47.4 Å². The number of carbonyl (C=O) groups excluding carboxylic acids is 2. The molecule has 0 saturated heterocycles. The Morgan fingerprint density at radius 2 is 1.83 bits per heavy atom. The van der Waals surface area contributed by atoms with Crippen LogP contribution in [-0.2, 0) is 16.4 Å². The highest BCUT2D eigenvalue weighted by molar-refractivity contribution is 7.92. The second-order valence-electron chi connectivity index (χ2n) is 9.36. The van der Waals surface area contributed by atoms with Gasteiger partial charge in [-0.05, 0) is 54.7 Å². The molecule has 0 atom stereocenters. The number of hydrogen-bond acceptors (Lipinski definition) is 6. The van der Waals surface area contributed by atoms with Crippen LogP contribution in [0, 0.1) is 12.3 Å². The summed E-state index contributed by atoms with van der Waals surface area (Å²) in [7, 11) is -2.63. The van der Waals surface area contributed by atoms with Gasteiger partial charge < -0.3 is 20.1 Å². The number of fused-ring (bicyclic) bond motifs is 1. The Kier molecular flexibility index (Phi) is 6.10. The summed E-state index contributed by atoms with van der Waals surface area (Å²) in [6.45, 7) is 5.68. The number of phenols is 1. The van der Waals surface area contributed by atoms with Crippen molar-refractivity contribution in [1.82, 2.24) is 4.98 Å². The molecule has 2 aromatic carbocycles. The zero-order valence-corrected chi connectivity index (χ0v) is 20.7. The molecule has 1 aromatic heterocycles. The lowest BCUT2D eigenvalue weighted by molar-refractivity contribution is 0.0910. The molecule has 0 unspecified atom stereocenters. The number of para-hydroxylation sites is 2. The van der Waals surface area contributed by atoms with E-state index in [1.807, 2.05) is 13.8 Å². The van der Waals surface area contributed by atoms with Gasteiger partial charge >= 0.3 is 0 Å². The predicted molar refractivity (Wildman–Crippen MR) is 132 cm³/mol. The molecule has 1 heterocycles. The van der Waals surface area contributed by atoms with Crippen LogP contribution in [0.5, 0.6) is 11.5 Å². The Morgan fingerprint density at radius 3 is 2.54 bits per heavy atom. The van der Waals surface area contributed by atoms with Gasteiger partial charge in [0.15, 0.2) is 5.78 Å². The summed E-state index contributed by atoms with van der Waals surface area (Å²) >= 11 is 0. The summed E-state index contributed by atoms with van der Waals surface area (Å²) in [6.07, 6.45) is 1.01. The van der Waals surface area contributed by atoms with Crippen molar-refractivity contribution in [2.75, 3.05) is 17.1 Å². The second kappa shape index (κ2) is 8.77. The van der Waals surface area contributed by atoms with Crippen LogP contribution in [0.25, 0.3) is 0 Å². The first-order valence-electron chi connectivity index (χ1n) is 11.0. The lowest BCUT2D eigenvalue weighted by atomic mass is 9.75. The fourth-order valence-electron chi connectivity index (χ4n) is 4.36. The van der Waals surface area contributed by atoms with Gasteiger partial charge in [0.1, 0.15) is 17.2 Å². The van der Waals surface area contributed by atoms with E-state index in [-0.39, 0.29) is 38.9 Å². The number of ketones is 1. The Bertz CT molecular complexity index is 1440. The number of hydrogen-bond donors (Lipinski definition) is 4. The van der Waals surface area contributed by atoms with E-state index in [0.717, 1.165) is 6.07 Å².